The summed E-state index contributed by atoms with van der Waals surface area (Å²) in [5.41, 5.74) is 0.500. The van der Waals surface area contributed by atoms with Crippen molar-refractivity contribution in [3.05, 3.63) is 0 Å². The van der Waals surface area contributed by atoms with E-state index in [1.165, 1.54) is 25.7 Å². The molecule has 0 saturated heterocycles. The highest BCUT2D eigenvalue weighted by Gasteiger charge is 2.47. The van der Waals surface area contributed by atoms with Crippen LogP contribution in [-0.4, -0.2) is 11.5 Å². The summed E-state index contributed by atoms with van der Waals surface area (Å²) >= 11 is 4.15. The molecule has 0 aliphatic heterocycles. The normalized spacial score (nSPS) is 36.9. The third-order valence-electron chi connectivity index (χ3n) is 4.87. The minimum absolute atomic E-state index is 0.457. The Bertz CT molecular complexity index is 263. The monoisotopic (exact) mass is 240 g/mol. The molecule has 2 aliphatic carbocycles. The molecule has 1 nitrogen and oxygen atoms in total. The van der Waals surface area contributed by atoms with Crippen LogP contribution >= 0.6 is 12.6 Å². The van der Waals surface area contributed by atoms with Crippen LogP contribution in [0.5, 0.6) is 0 Å². The summed E-state index contributed by atoms with van der Waals surface area (Å²) in [4.78, 5) is 11.7. The van der Waals surface area contributed by atoms with Gasteiger partial charge in [0.1, 0.15) is 5.78 Å². The number of hydrogen-bond acceptors (Lipinski definition) is 2. The van der Waals surface area contributed by atoms with Crippen LogP contribution in [0.15, 0.2) is 0 Å². The van der Waals surface area contributed by atoms with E-state index in [9.17, 15) is 4.79 Å². The average molecular weight is 240 g/mol. The van der Waals surface area contributed by atoms with Crippen LogP contribution < -0.4 is 0 Å². The molecular weight excluding hydrogens is 216 g/mol. The number of carbonyl (C=O) groups is 1. The third-order valence-corrected chi connectivity index (χ3v) is 5.19. The van der Waals surface area contributed by atoms with E-state index in [1.807, 2.05) is 0 Å². The molecule has 2 aliphatic rings. The van der Waals surface area contributed by atoms with E-state index in [-0.39, 0.29) is 0 Å². The Morgan fingerprint density at radius 1 is 1.38 bits per heavy atom. The van der Waals surface area contributed by atoms with E-state index < -0.39 is 0 Å². The van der Waals surface area contributed by atoms with E-state index >= 15 is 0 Å². The molecule has 0 aromatic heterocycles. The van der Waals surface area contributed by atoms with Crippen molar-refractivity contribution in [1.82, 2.24) is 0 Å². The molecule has 2 saturated carbocycles. The van der Waals surface area contributed by atoms with Crippen molar-refractivity contribution in [1.29, 1.82) is 0 Å². The van der Waals surface area contributed by atoms with Crippen LogP contribution in [-0.2, 0) is 4.79 Å². The largest absolute Gasteiger partial charge is 0.300 e. The van der Waals surface area contributed by atoms with Gasteiger partial charge in [0, 0.05) is 12.8 Å². The molecule has 0 N–H and O–H groups in total. The lowest BCUT2D eigenvalue weighted by atomic mass is 9.71. The molecule has 0 heterocycles. The first kappa shape index (κ1) is 12.5. The number of ketones is 1. The number of thiol groups is 1. The second kappa shape index (κ2) is 5.12. The zero-order valence-electron chi connectivity index (χ0n) is 10.4. The molecule has 0 radical (unpaired) electrons. The smallest absolute Gasteiger partial charge is 0.132 e. The Labute approximate surface area is 105 Å². The minimum Gasteiger partial charge on any atom is -0.300 e. The summed E-state index contributed by atoms with van der Waals surface area (Å²) in [6, 6.07) is 0. The topological polar surface area (TPSA) is 17.1 Å². The highest BCUT2D eigenvalue weighted by molar-refractivity contribution is 7.80. The first-order chi connectivity index (χ1) is 7.64. The number of fused-ring (bicyclic) bond motifs is 2. The molecule has 2 rings (SSSR count). The summed E-state index contributed by atoms with van der Waals surface area (Å²) < 4.78 is 0. The first-order valence-electron chi connectivity index (χ1n) is 6.76. The lowest BCUT2D eigenvalue weighted by Crippen LogP contribution is -2.24. The third kappa shape index (κ3) is 2.64. The van der Waals surface area contributed by atoms with E-state index in [0.717, 1.165) is 43.3 Å². The molecule has 3 unspecified atom stereocenters. The Hall–Kier alpha value is 0.0200. The van der Waals surface area contributed by atoms with Gasteiger partial charge in [0.05, 0.1) is 0 Å². The molecule has 0 spiro atoms. The standard InChI is InChI=1S/C14H24OS/c1-14(7-6-13(15)3-2-8-16)10-11-4-5-12(14)9-11/h11-12,16H,2-10H2,1H3. The highest BCUT2D eigenvalue weighted by Crippen LogP contribution is 2.57. The number of rotatable bonds is 6. The lowest BCUT2D eigenvalue weighted by molar-refractivity contribution is -0.119. The highest BCUT2D eigenvalue weighted by atomic mass is 32.1. The Morgan fingerprint density at radius 2 is 2.19 bits per heavy atom. The Kier molecular flexibility index (Phi) is 3.99. The maximum Gasteiger partial charge on any atom is 0.132 e. The second-order valence-electron chi connectivity index (χ2n) is 6.10. The average Bonchev–Trinajstić information content (AvgIpc) is 2.83. The number of carbonyl (C=O) groups excluding carboxylic acids is 1. The van der Waals surface area contributed by atoms with Crippen LogP contribution in [0.1, 0.15) is 58.3 Å². The van der Waals surface area contributed by atoms with Gasteiger partial charge < -0.3 is 0 Å². The summed E-state index contributed by atoms with van der Waals surface area (Å²) in [7, 11) is 0. The van der Waals surface area contributed by atoms with E-state index in [2.05, 4.69) is 19.6 Å². The molecule has 2 fully saturated rings. The second-order valence-corrected chi connectivity index (χ2v) is 6.55. The maximum absolute atomic E-state index is 11.7. The molecule has 0 aromatic carbocycles. The molecule has 16 heavy (non-hydrogen) atoms. The van der Waals surface area contributed by atoms with Gasteiger partial charge in [0.2, 0.25) is 0 Å². The lowest BCUT2D eigenvalue weighted by Gasteiger charge is -2.34. The Morgan fingerprint density at radius 3 is 2.75 bits per heavy atom. The van der Waals surface area contributed by atoms with Crippen LogP contribution in [0, 0.1) is 17.3 Å². The van der Waals surface area contributed by atoms with Crippen LogP contribution in [0.4, 0.5) is 0 Å². The SMILES string of the molecule is CC1(CCC(=O)CCCS)CC2CCC1C2. The van der Waals surface area contributed by atoms with Gasteiger partial charge >= 0.3 is 0 Å². The van der Waals surface area contributed by atoms with Gasteiger partial charge in [-0.25, -0.2) is 0 Å². The zero-order chi connectivity index (χ0) is 11.6. The summed E-state index contributed by atoms with van der Waals surface area (Å²) in [6.45, 7) is 2.42. The molecule has 92 valence electrons. The summed E-state index contributed by atoms with van der Waals surface area (Å²) in [5, 5.41) is 0. The number of hydrogen-bond donors (Lipinski definition) is 1. The number of Topliss-reactive ketones (excluding diaryl/α,β-unsaturated/α-hetero) is 1. The summed E-state index contributed by atoms with van der Waals surface area (Å²) in [6.07, 6.45) is 9.35. The van der Waals surface area contributed by atoms with E-state index in [1.54, 1.807) is 0 Å². The van der Waals surface area contributed by atoms with Gasteiger partial charge in [-0.1, -0.05) is 13.3 Å². The van der Waals surface area contributed by atoms with Crippen molar-refractivity contribution in [3.8, 4) is 0 Å². The van der Waals surface area contributed by atoms with Crippen LogP contribution in [0.3, 0.4) is 0 Å². The fourth-order valence-corrected chi connectivity index (χ4v) is 4.01. The van der Waals surface area contributed by atoms with Gasteiger partial charge in [-0.05, 0) is 55.1 Å². The molecule has 2 heteroatoms. The maximum atomic E-state index is 11.7. The van der Waals surface area contributed by atoms with E-state index in [0.29, 0.717) is 11.2 Å². The first-order valence-corrected chi connectivity index (χ1v) is 7.40. The van der Waals surface area contributed by atoms with Crippen molar-refractivity contribution in [2.45, 2.75) is 58.3 Å². The zero-order valence-corrected chi connectivity index (χ0v) is 11.3. The fourth-order valence-electron chi connectivity index (χ4n) is 3.85. The van der Waals surface area contributed by atoms with Crippen LogP contribution in [0.25, 0.3) is 0 Å². The predicted octanol–water partition coefficient (Wildman–Crippen LogP) is 3.87. The molecule has 2 bridgehead atoms. The van der Waals surface area contributed by atoms with Crippen molar-refractivity contribution < 1.29 is 4.79 Å². The van der Waals surface area contributed by atoms with Crippen LogP contribution in [0.2, 0.25) is 0 Å². The molecule has 3 atom stereocenters. The summed E-state index contributed by atoms with van der Waals surface area (Å²) in [5.74, 6) is 3.21. The van der Waals surface area contributed by atoms with E-state index in [4.69, 9.17) is 0 Å². The Balaban J connectivity index is 1.75. The van der Waals surface area contributed by atoms with Crippen molar-refractivity contribution in [3.63, 3.8) is 0 Å². The van der Waals surface area contributed by atoms with Crippen molar-refractivity contribution >= 4 is 18.4 Å². The molecular formula is C14H24OS. The van der Waals surface area contributed by atoms with Crippen molar-refractivity contribution in [2.24, 2.45) is 17.3 Å². The predicted molar refractivity (Wildman–Crippen MR) is 70.9 cm³/mol. The molecule has 0 aromatic rings. The molecule has 0 amide bonds. The van der Waals surface area contributed by atoms with Gasteiger partial charge in [0.25, 0.3) is 0 Å². The van der Waals surface area contributed by atoms with Gasteiger partial charge in [-0.2, -0.15) is 12.6 Å². The van der Waals surface area contributed by atoms with Gasteiger partial charge in [-0.3, -0.25) is 4.79 Å². The van der Waals surface area contributed by atoms with Crippen molar-refractivity contribution in [2.75, 3.05) is 5.75 Å². The van der Waals surface area contributed by atoms with Gasteiger partial charge in [-0.15, -0.1) is 0 Å². The quantitative estimate of drug-likeness (QED) is 0.697. The van der Waals surface area contributed by atoms with Gasteiger partial charge in [0.15, 0.2) is 0 Å². The minimum atomic E-state index is 0.457. The fraction of sp³-hybridized carbons (Fsp3) is 0.929.